The average Bonchev–Trinajstić information content (AvgIpc) is 2.87. The molecule has 4 nitrogen and oxygen atoms in total. The van der Waals surface area contributed by atoms with Crippen molar-refractivity contribution in [2.75, 3.05) is 13.1 Å². The van der Waals surface area contributed by atoms with Crippen LogP contribution in [0, 0.1) is 12.8 Å². The van der Waals surface area contributed by atoms with Crippen LogP contribution in [0.15, 0.2) is 17.0 Å². The molecule has 21 heavy (non-hydrogen) atoms. The highest BCUT2D eigenvalue weighted by molar-refractivity contribution is 8.13. The van der Waals surface area contributed by atoms with Gasteiger partial charge in [-0.15, -0.1) is 0 Å². The van der Waals surface area contributed by atoms with Crippen molar-refractivity contribution in [2.24, 2.45) is 5.92 Å². The van der Waals surface area contributed by atoms with Gasteiger partial charge in [-0.1, -0.05) is 24.9 Å². The van der Waals surface area contributed by atoms with Gasteiger partial charge < -0.3 is 4.90 Å². The zero-order chi connectivity index (χ0) is 15.8. The number of benzene rings is 1. The first-order valence-corrected chi connectivity index (χ1v) is 9.46. The van der Waals surface area contributed by atoms with Crippen LogP contribution < -0.4 is 0 Å². The molecular weight excluding hydrogens is 333 g/mol. The Labute approximate surface area is 134 Å². The third-order valence-electron chi connectivity index (χ3n) is 3.97. The zero-order valence-corrected chi connectivity index (χ0v) is 14.2. The lowest BCUT2D eigenvalue weighted by Gasteiger charge is -2.18. The van der Waals surface area contributed by atoms with Gasteiger partial charge in [0.15, 0.2) is 0 Å². The number of hydrogen-bond donors (Lipinski definition) is 0. The summed E-state index contributed by atoms with van der Waals surface area (Å²) in [6, 6.07) is 2.78. The molecular formula is C14H17Cl2NO3S. The molecule has 1 amide bonds. The molecule has 1 aromatic carbocycles. The summed E-state index contributed by atoms with van der Waals surface area (Å²) >= 11 is 5.94. The summed E-state index contributed by atoms with van der Waals surface area (Å²) in [4.78, 5) is 14.2. The van der Waals surface area contributed by atoms with E-state index in [9.17, 15) is 13.2 Å². The molecule has 0 radical (unpaired) electrons. The molecule has 1 aliphatic rings. The minimum absolute atomic E-state index is 0.105. The van der Waals surface area contributed by atoms with Crippen LogP contribution in [0.25, 0.3) is 0 Å². The second kappa shape index (κ2) is 6.15. The first-order chi connectivity index (χ1) is 9.74. The maximum Gasteiger partial charge on any atom is 0.261 e. The zero-order valence-electron chi connectivity index (χ0n) is 11.9. The van der Waals surface area contributed by atoms with Gasteiger partial charge in [-0.05, 0) is 37.0 Å². The molecule has 1 unspecified atom stereocenters. The number of halogens is 2. The van der Waals surface area contributed by atoms with Crippen molar-refractivity contribution in [3.63, 3.8) is 0 Å². The summed E-state index contributed by atoms with van der Waals surface area (Å²) in [5.41, 5.74) is 0.651. The van der Waals surface area contributed by atoms with E-state index in [2.05, 4.69) is 6.92 Å². The third-order valence-corrected chi connectivity index (χ3v) is 5.63. The monoisotopic (exact) mass is 349 g/mol. The largest absolute Gasteiger partial charge is 0.338 e. The highest BCUT2D eigenvalue weighted by Gasteiger charge is 2.28. The Morgan fingerprint density at radius 2 is 2.10 bits per heavy atom. The fourth-order valence-electron chi connectivity index (χ4n) is 2.65. The molecule has 0 spiro atoms. The van der Waals surface area contributed by atoms with E-state index in [1.54, 1.807) is 11.8 Å². The van der Waals surface area contributed by atoms with Crippen LogP contribution in [0.4, 0.5) is 0 Å². The van der Waals surface area contributed by atoms with E-state index in [0.29, 0.717) is 30.1 Å². The number of nitrogens with zero attached hydrogens (tertiary/aromatic N) is 1. The Kier molecular flexibility index (Phi) is 4.85. The maximum atomic E-state index is 12.6. The topological polar surface area (TPSA) is 54.5 Å². The van der Waals surface area contributed by atoms with Gasteiger partial charge in [0.1, 0.15) is 0 Å². The second-order valence-electron chi connectivity index (χ2n) is 5.33. The number of carbonyl (C=O) groups excluding carboxylic acids is 1. The smallest absolute Gasteiger partial charge is 0.261 e. The van der Waals surface area contributed by atoms with Gasteiger partial charge in [-0.3, -0.25) is 4.79 Å². The van der Waals surface area contributed by atoms with Crippen molar-refractivity contribution in [3.8, 4) is 0 Å². The molecule has 1 saturated heterocycles. The summed E-state index contributed by atoms with van der Waals surface area (Å²) in [5, 5.41) is 0.189. The summed E-state index contributed by atoms with van der Waals surface area (Å²) in [6.07, 6.45) is 2.00. The van der Waals surface area contributed by atoms with E-state index >= 15 is 0 Å². The number of hydrogen-bond acceptors (Lipinski definition) is 3. The Morgan fingerprint density at radius 3 is 2.62 bits per heavy atom. The van der Waals surface area contributed by atoms with Crippen molar-refractivity contribution >= 4 is 37.2 Å². The van der Waals surface area contributed by atoms with Crippen LogP contribution in [0.1, 0.15) is 35.7 Å². The normalized spacial score (nSPS) is 19.0. The number of rotatable bonds is 3. The summed E-state index contributed by atoms with van der Waals surface area (Å²) < 4.78 is 23.2. The number of carbonyl (C=O) groups is 1. The highest BCUT2D eigenvalue weighted by atomic mass is 35.7. The quantitative estimate of drug-likeness (QED) is 0.785. The molecule has 2 rings (SSSR count). The van der Waals surface area contributed by atoms with Gasteiger partial charge in [-0.25, -0.2) is 8.42 Å². The van der Waals surface area contributed by atoms with Crippen LogP contribution in [0.2, 0.25) is 5.02 Å². The van der Waals surface area contributed by atoms with E-state index < -0.39 is 9.05 Å². The summed E-state index contributed by atoms with van der Waals surface area (Å²) in [6.45, 7) is 5.06. The third kappa shape index (κ3) is 3.52. The Hall–Kier alpha value is -0.780. The van der Waals surface area contributed by atoms with E-state index in [1.807, 2.05) is 0 Å². The molecule has 116 valence electrons. The van der Waals surface area contributed by atoms with Gasteiger partial charge >= 0.3 is 0 Å². The van der Waals surface area contributed by atoms with Gasteiger partial charge in [0.05, 0.1) is 4.90 Å². The molecule has 0 bridgehead atoms. The van der Waals surface area contributed by atoms with Crippen molar-refractivity contribution in [1.29, 1.82) is 0 Å². The number of likely N-dealkylation sites (tertiary alicyclic amines) is 1. The molecule has 1 atom stereocenters. The molecule has 0 N–H and O–H groups in total. The van der Waals surface area contributed by atoms with E-state index in [4.69, 9.17) is 22.3 Å². The van der Waals surface area contributed by atoms with Gasteiger partial charge in [0.2, 0.25) is 0 Å². The number of amides is 1. The second-order valence-corrected chi connectivity index (χ2v) is 8.30. The van der Waals surface area contributed by atoms with Gasteiger partial charge in [0, 0.05) is 34.4 Å². The van der Waals surface area contributed by atoms with E-state index in [1.165, 1.54) is 12.1 Å². The molecule has 7 heteroatoms. The Balaban J connectivity index is 2.41. The lowest BCUT2D eigenvalue weighted by atomic mass is 10.1. The summed E-state index contributed by atoms with van der Waals surface area (Å²) in [7, 11) is 1.47. The fourth-order valence-corrected chi connectivity index (χ4v) is 4.16. The predicted octanol–water partition coefficient (Wildman–Crippen LogP) is 3.45. The molecule has 0 aliphatic carbocycles. The van der Waals surface area contributed by atoms with Crippen molar-refractivity contribution in [1.82, 2.24) is 4.90 Å². The first kappa shape index (κ1) is 16.6. The van der Waals surface area contributed by atoms with E-state index in [0.717, 1.165) is 12.8 Å². The van der Waals surface area contributed by atoms with Crippen LogP contribution in [0.3, 0.4) is 0 Å². The van der Waals surface area contributed by atoms with E-state index in [-0.39, 0.29) is 15.8 Å². The van der Waals surface area contributed by atoms with Crippen molar-refractivity contribution in [2.45, 2.75) is 31.6 Å². The highest BCUT2D eigenvalue weighted by Crippen LogP contribution is 2.29. The van der Waals surface area contributed by atoms with Crippen LogP contribution in [-0.4, -0.2) is 32.3 Å². The Morgan fingerprint density at radius 1 is 1.43 bits per heavy atom. The predicted molar refractivity (Wildman–Crippen MR) is 83.5 cm³/mol. The molecule has 0 saturated carbocycles. The van der Waals surface area contributed by atoms with Gasteiger partial charge in [-0.2, -0.15) is 0 Å². The maximum absolute atomic E-state index is 12.6. The lowest BCUT2D eigenvalue weighted by Crippen LogP contribution is -2.29. The standard InChI is InChI=1S/C14H17Cl2NO3S/c1-3-10-4-5-17(8-10)14(18)12-6-11(15)7-13(9(12)2)21(16,19)20/h6-7,10H,3-5,8H2,1-2H3. The van der Waals surface area contributed by atoms with Crippen molar-refractivity contribution < 1.29 is 13.2 Å². The fraction of sp³-hybridized carbons (Fsp3) is 0.500. The van der Waals surface area contributed by atoms with Gasteiger partial charge in [0.25, 0.3) is 15.0 Å². The average molecular weight is 350 g/mol. The molecule has 0 aromatic heterocycles. The lowest BCUT2D eigenvalue weighted by molar-refractivity contribution is 0.0786. The van der Waals surface area contributed by atoms with Crippen LogP contribution in [0.5, 0.6) is 0 Å². The minimum atomic E-state index is -3.93. The summed E-state index contributed by atoms with van der Waals surface area (Å²) in [5.74, 6) is 0.317. The van der Waals surface area contributed by atoms with Crippen LogP contribution in [-0.2, 0) is 9.05 Å². The molecule has 1 aliphatic heterocycles. The van der Waals surface area contributed by atoms with Crippen molar-refractivity contribution in [3.05, 3.63) is 28.3 Å². The molecule has 1 aromatic rings. The SMILES string of the molecule is CCC1CCN(C(=O)c2cc(Cl)cc(S(=O)(=O)Cl)c2C)C1. The molecule has 1 fully saturated rings. The minimum Gasteiger partial charge on any atom is -0.338 e. The Bertz CT molecular complexity index is 673. The van der Waals surface area contributed by atoms with Crippen LogP contribution >= 0.6 is 22.3 Å². The molecule has 1 heterocycles. The first-order valence-electron chi connectivity index (χ1n) is 6.78.